The Bertz CT molecular complexity index is 2040. The Labute approximate surface area is 380 Å². The van der Waals surface area contributed by atoms with E-state index in [0.29, 0.717) is 50.0 Å². The van der Waals surface area contributed by atoms with E-state index in [9.17, 15) is 32.4 Å². The van der Waals surface area contributed by atoms with Crippen molar-refractivity contribution >= 4 is 39.9 Å². The highest BCUT2D eigenvalue weighted by atomic mass is 32.2. The predicted octanol–water partition coefficient (Wildman–Crippen LogP) is 6.62. The number of hydrogen-bond acceptors (Lipinski definition) is 11. The van der Waals surface area contributed by atoms with Gasteiger partial charge in [-0.3, -0.25) is 14.4 Å². The highest BCUT2D eigenvalue weighted by molar-refractivity contribution is 7.88. The van der Waals surface area contributed by atoms with E-state index in [1.54, 1.807) is 47.6 Å². The summed E-state index contributed by atoms with van der Waals surface area (Å²) in [5.41, 5.74) is 0.0608. The standard InChI is InChI=1S/C48H72N4O11S/c1-45(2,3)61-36-22-19-32(20-23-36)28-39(42(55)60-37-24-21-33-16-15-17-34(33)29-37)51-43(56)48(25-12-13-26-48)30-35(41(54)62-46(4,5)6)31-50-40(53)38(52-64(10,58)59)18-11-14-27-49-44(57)63-47(7,8)9/h19-24,29,35,38-39,52H,11-18,25-28,30-31H2,1-10H3,(H,49,57)(H,50,53)(H,51,56)/t35?,38-,39-/m0/s1. The van der Waals surface area contributed by atoms with Gasteiger partial charge in [-0.15, -0.1) is 0 Å². The van der Waals surface area contributed by atoms with Gasteiger partial charge in [0, 0.05) is 19.5 Å². The second-order valence-corrected chi connectivity index (χ2v) is 22.1. The van der Waals surface area contributed by atoms with E-state index >= 15 is 0 Å². The molecule has 0 aliphatic heterocycles. The van der Waals surface area contributed by atoms with Crippen molar-refractivity contribution in [3.05, 3.63) is 59.2 Å². The third-order valence-electron chi connectivity index (χ3n) is 10.9. The van der Waals surface area contributed by atoms with E-state index in [2.05, 4.69) is 20.7 Å². The number of ether oxygens (including phenoxy) is 4. The highest BCUT2D eigenvalue weighted by Gasteiger charge is 2.46. The minimum Gasteiger partial charge on any atom is -0.488 e. The number of unbranched alkanes of at least 4 members (excludes halogenated alkanes) is 1. The number of benzene rings is 2. The molecule has 0 heterocycles. The molecule has 1 unspecified atom stereocenters. The molecule has 2 aromatic rings. The lowest BCUT2D eigenvalue weighted by molar-refractivity contribution is -0.161. The Morgan fingerprint density at radius 1 is 0.719 bits per heavy atom. The van der Waals surface area contributed by atoms with Crippen molar-refractivity contribution in [1.82, 2.24) is 20.7 Å². The van der Waals surface area contributed by atoms with E-state index in [4.69, 9.17) is 18.9 Å². The van der Waals surface area contributed by atoms with E-state index < -0.39 is 80.1 Å². The quantitative estimate of drug-likeness (QED) is 0.0631. The maximum Gasteiger partial charge on any atom is 0.407 e. The molecule has 16 heteroatoms. The number of rotatable bonds is 20. The first-order valence-electron chi connectivity index (χ1n) is 22.6. The van der Waals surface area contributed by atoms with Crippen LogP contribution in [0.3, 0.4) is 0 Å². The van der Waals surface area contributed by atoms with Gasteiger partial charge in [-0.05, 0) is 161 Å². The molecular formula is C48H72N4O11S. The molecule has 2 aliphatic carbocycles. The molecule has 2 aromatic carbocycles. The lowest BCUT2D eigenvalue weighted by atomic mass is 9.76. The third-order valence-corrected chi connectivity index (χ3v) is 11.6. The molecule has 2 aliphatic rings. The zero-order valence-corrected chi connectivity index (χ0v) is 40.4. The van der Waals surface area contributed by atoms with Crippen molar-refractivity contribution in [1.29, 1.82) is 0 Å². The average Bonchev–Trinajstić information content (AvgIpc) is 3.84. The summed E-state index contributed by atoms with van der Waals surface area (Å²) in [5, 5.41) is 8.45. The van der Waals surface area contributed by atoms with Crippen LogP contribution < -0.4 is 30.1 Å². The molecule has 3 amide bonds. The van der Waals surface area contributed by atoms with E-state index in [1.807, 2.05) is 57.2 Å². The number of alkyl carbamates (subject to hydrolysis) is 1. The highest BCUT2D eigenvalue weighted by Crippen LogP contribution is 2.44. The van der Waals surface area contributed by atoms with Crippen LogP contribution >= 0.6 is 0 Å². The Hall–Kier alpha value is -4.70. The topological polar surface area (TPSA) is 205 Å². The zero-order valence-electron chi connectivity index (χ0n) is 39.6. The number of aryl methyl sites for hydroxylation is 2. The molecule has 64 heavy (non-hydrogen) atoms. The summed E-state index contributed by atoms with van der Waals surface area (Å²) >= 11 is 0. The summed E-state index contributed by atoms with van der Waals surface area (Å²) in [6.07, 6.45) is 6.56. The Morgan fingerprint density at radius 3 is 1.95 bits per heavy atom. The molecule has 4 rings (SSSR count). The van der Waals surface area contributed by atoms with E-state index in [-0.39, 0.29) is 32.4 Å². The molecule has 0 spiro atoms. The number of nitrogens with one attached hydrogen (secondary N) is 4. The summed E-state index contributed by atoms with van der Waals surface area (Å²) in [4.78, 5) is 68.5. The number of hydrogen-bond donors (Lipinski definition) is 4. The summed E-state index contributed by atoms with van der Waals surface area (Å²) in [7, 11) is -3.83. The van der Waals surface area contributed by atoms with Gasteiger partial charge >= 0.3 is 18.0 Å². The number of esters is 2. The average molecular weight is 913 g/mol. The van der Waals surface area contributed by atoms with Gasteiger partial charge < -0.3 is 34.9 Å². The maximum atomic E-state index is 14.7. The van der Waals surface area contributed by atoms with Crippen LogP contribution in [0.15, 0.2) is 42.5 Å². The predicted molar refractivity (Wildman–Crippen MR) is 244 cm³/mol. The van der Waals surface area contributed by atoms with Crippen LogP contribution in [0.5, 0.6) is 11.5 Å². The summed E-state index contributed by atoms with van der Waals surface area (Å²) in [5.74, 6) is -2.27. The summed E-state index contributed by atoms with van der Waals surface area (Å²) in [6.45, 7) is 16.3. The molecule has 3 atom stereocenters. The maximum absolute atomic E-state index is 14.7. The number of carbonyl (C=O) groups is 5. The molecule has 356 valence electrons. The minimum absolute atomic E-state index is 0.0000378. The second kappa shape index (κ2) is 22.0. The molecule has 1 saturated carbocycles. The molecular weight excluding hydrogens is 841 g/mol. The number of fused-ring (bicyclic) bond motifs is 1. The number of amides is 3. The lowest BCUT2D eigenvalue weighted by Crippen LogP contribution is -2.52. The fraction of sp³-hybridized carbons (Fsp3) is 0.646. The van der Waals surface area contributed by atoms with Crippen LogP contribution in [0.2, 0.25) is 0 Å². The minimum atomic E-state index is -3.83. The van der Waals surface area contributed by atoms with Gasteiger partial charge in [0.15, 0.2) is 0 Å². The third kappa shape index (κ3) is 17.7. The van der Waals surface area contributed by atoms with Gasteiger partial charge in [-0.1, -0.05) is 31.0 Å². The lowest BCUT2D eigenvalue weighted by Gasteiger charge is -2.34. The van der Waals surface area contributed by atoms with Gasteiger partial charge in [-0.2, -0.15) is 0 Å². The van der Waals surface area contributed by atoms with Crippen molar-refractivity contribution in [2.45, 2.75) is 168 Å². The van der Waals surface area contributed by atoms with Crippen LogP contribution in [-0.2, 0) is 57.9 Å². The molecule has 4 N–H and O–H groups in total. The van der Waals surface area contributed by atoms with Gasteiger partial charge in [0.1, 0.15) is 40.4 Å². The fourth-order valence-corrected chi connectivity index (χ4v) is 8.83. The van der Waals surface area contributed by atoms with Crippen molar-refractivity contribution in [2.75, 3.05) is 19.3 Å². The SMILES string of the molecule is CC(C)(C)OC(=O)NCCCC[C@H](NS(C)(=O)=O)C(=O)NCC(CC1(C(=O)N[C@@H](Cc2ccc(OC(C)(C)C)cc2)C(=O)Oc2ccc3c(c2)CCC3)CCCC1)C(=O)OC(C)(C)C. The second-order valence-electron chi connectivity index (χ2n) is 20.3. The van der Waals surface area contributed by atoms with E-state index in [1.165, 1.54) is 5.56 Å². The van der Waals surface area contributed by atoms with Crippen molar-refractivity contribution in [3.8, 4) is 11.5 Å². The van der Waals surface area contributed by atoms with Crippen LogP contribution in [0.1, 0.15) is 137 Å². The Morgan fingerprint density at radius 2 is 1.34 bits per heavy atom. The molecule has 0 aromatic heterocycles. The van der Waals surface area contributed by atoms with Gasteiger partial charge in [0.2, 0.25) is 21.8 Å². The Balaban J connectivity index is 1.54. The normalized spacial score (nSPS) is 16.4. The first-order valence-corrected chi connectivity index (χ1v) is 24.5. The van der Waals surface area contributed by atoms with Crippen molar-refractivity contribution in [2.24, 2.45) is 11.3 Å². The van der Waals surface area contributed by atoms with Crippen molar-refractivity contribution < 1.29 is 51.3 Å². The van der Waals surface area contributed by atoms with E-state index in [0.717, 1.165) is 36.6 Å². The van der Waals surface area contributed by atoms with Crippen LogP contribution in [0, 0.1) is 11.3 Å². The first kappa shape index (κ1) is 51.9. The fourth-order valence-electron chi connectivity index (χ4n) is 8.08. The van der Waals surface area contributed by atoms with Crippen molar-refractivity contribution in [3.63, 3.8) is 0 Å². The first-order chi connectivity index (χ1) is 29.7. The molecule has 0 radical (unpaired) electrons. The van der Waals surface area contributed by atoms with Crippen LogP contribution in [0.25, 0.3) is 0 Å². The summed E-state index contributed by atoms with van der Waals surface area (Å²) in [6, 6.07) is 10.7. The smallest absolute Gasteiger partial charge is 0.407 e. The van der Waals surface area contributed by atoms with Gasteiger partial charge in [0.05, 0.1) is 17.6 Å². The largest absolute Gasteiger partial charge is 0.488 e. The van der Waals surface area contributed by atoms with Gasteiger partial charge in [0.25, 0.3) is 0 Å². The number of carbonyl (C=O) groups excluding carboxylic acids is 5. The number of sulfonamides is 1. The molecule has 1 fully saturated rings. The molecule has 0 bridgehead atoms. The van der Waals surface area contributed by atoms with Gasteiger partial charge in [-0.25, -0.2) is 22.7 Å². The molecule has 0 saturated heterocycles. The summed E-state index contributed by atoms with van der Waals surface area (Å²) < 4.78 is 50.1. The van der Waals surface area contributed by atoms with Crippen LogP contribution in [-0.4, -0.2) is 86.5 Å². The Kier molecular flexibility index (Phi) is 17.8. The molecule has 15 nitrogen and oxygen atoms in total. The zero-order chi connectivity index (χ0) is 47.5. The monoisotopic (exact) mass is 912 g/mol. The van der Waals surface area contributed by atoms with Crippen LogP contribution in [0.4, 0.5) is 4.79 Å².